The molecule has 0 fully saturated rings. The summed E-state index contributed by atoms with van der Waals surface area (Å²) >= 11 is 0. The third kappa shape index (κ3) is 4.39. The minimum absolute atomic E-state index is 0.179. The van der Waals surface area contributed by atoms with Gasteiger partial charge >= 0.3 is 0 Å². The first-order valence-electron chi connectivity index (χ1n) is 10.8. The summed E-state index contributed by atoms with van der Waals surface area (Å²) in [5.74, 6) is 1.17. The van der Waals surface area contributed by atoms with Gasteiger partial charge < -0.3 is 10.1 Å². The number of nitrogens with zero attached hydrogens (tertiary/aromatic N) is 2. The highest BCUT2D eigenvalue weighted by Crippen LogP contribution is 2.36. The smallest absolute Gasteiger partial charge is 0.255 e. The summed E-state index contributed by atoms with van der Waals surface area (Å²) in [6, 6.07) is 19.0. The molecule has 5 nitrogen and oxygen atoms in total. The van der Waals surface area contributed by atoms with Gasteiger partial charge in [-0.25, -0.2) is 0 Å². The Morgan fingerprint density at radius 2 is 1.91 bits per heavy atom. The number of nitrogens with one attached hydrogen (secondary N) is 1. The minimum atomic E-state index is -0.179. The van der Waals surface area contributed by atoms with E-state index in [2.05, 4.69) is 16.4 Å². The van der Waals surface area contributed by atoms with Crippen LogP contribution in [0.4, 0.5) is 5.69 Å². The minimum Gasteiger partial charge on any atom is -0.456 e. The van der Waals surface area contributed by atoms with Crippen LogP contribution in [0.15, 0.2) is 79.1 Å². The van der Waals surface area contributed by atoms with Gasteiger partial charge in [0.2, 0.25) is 0 Å². The predicted molar refractivity (Wildman–Crippen MR) is 131 cm³/mol. The van der Waals surface area contributed by atoms with E-state index in [9.17, 15) is 4.79 Å². The van der Waals surface area contributed by atoms with Crippen LogP contribution in [0.3, 0.4) is 0 Å². The molecule has 33 heavy (non-hydrogen) atoms. The number of carbonyl (C=O) groups excluding carboxylic acids is 1. The van der Waals surface area contributed by atoms with Crippen LogP contribution in [0.2, 0.25) is 0 Å². The van der Waals surface area contributed by atoms with E-state index in [-0.39, 0.29) is 5.91 Å². The summed E-state index contributed by atoms with van der Waals surface area (Å²) in [4.78, 5) is 21.9. The highest BCUT2D eigenvalue weighted by atomic mass is 16.5. The molecule has 0 saturated heterocycles. The Kier molecular flexibility index (Phi) is 5.45. The number of hydrogen-bond donors (Lipinski definition) is 1. The fourth-order valence-corrected chi connectivity index (χ4v) is 3.85. The number of ether oxygens (including phenoxy) is 1. The average molecular weight is 434 g/mol. The molecule has 0 bridgehead atoms. The van der Waals surface area contributed by atoms with Gasteiger partial charge in [0.15, 0.2) is 0 Å². The number of aryl methyl sites for hydroxylation is 2. The van der Waals surface area contributed by atoms with Crippen molar-refractivity contribution in [1.82, 2.24) is 9.97 Å². The van der Waals surface area contributed by atoms with Crippen molar-refractivity contribution in [1.29, 1.82) is 0 Å². The lowest BCUT2D eigenvalue weighted by atomic mass is 10.1. The summed E-state index contributed by atoms with van der Waals surface area (Å²) in [6.45, 7) is 3.96. The molecule has 2 heterocycles. The Morgan fingerprint density at radius 1 is 1.00 bits per heavy atom. The molecular formula is C28H23N3O2. The number of benzene rings is 2. The third-order valence-electron chi connectivity index (χ3n) is 5.60. The number of pyridine rings is 2. The molecule has 2 aromatic carbocycles. The molecule has 4 aromatic rings. The van der Waals surface area contributed by atoms with Gasteiger partial charge in [-0.05, 0) is 61.4 Å². The SMILES string of the molecule is Cc1cccc(NC(=O)c2ccc(C)c(Oc3cc(-c4cccnc4)nc4c3C=CC4)c2)c1. The van der Waals surface area contributed by atoms with Crippen molar-refractivity contribution in [3.05, 3.63) is 107 Å². The molecule has 0 unspecified atom stereocenters. The van der Waals surface area contributed by atoms with Crippen LogP contribution in [-0.4, -0.2) is 15.9 Å². The first-order chi connectivity index (χ1) is 16.1. The van der Waals surface area contributed by atoms with Crippen LogP contribution in [-0.2, 0) is 6.42 Å². The van der Waals surface area contributed by atoms with Gasteiger partial charge in [0, 0.05) is 47.3 Å². The Balaban J connectivity index is 1.47. The van der Waals surface area contributed by atoms with E-state index >= 15 is 0 Å². The summed E-state index contributed by atoms with van der Waals surface area (Å²) in [7, 11) is 0. The molecule has 0 aliphatic heterocycles. The van der Waals surface area contributed by atoms with E-state index in [1.54, 1.807) is 18.5 Å². The van der Waals surface area contributed by atoms with Crippen LogP contribution in [0, 0.1) is 13.8 Å². The van der Waals surface area contributed by atoms with Crippen LogP contribution in [0.5, 0.6) is 11.5 Å². The van der Waals surface area contributed by atoms with E-state index in [0.717, 1.165) is 45.7 Å². The standard InChI is InChI=1S/C28H23N3O2/c1-18-6-3-8-22(14-18)30-28(32)20-12-11-19(2)26(15-20)33-27-16-25(21-7-5-13-29-17-21)31-24-10-4-9-23(24)27/h3-9,11-17H,10H2,1-2H3,(H,30,32). The van der Waals surface area contributed by atoms with Gasteiger partial charge in [-0.1, -0.05) is 30.4 Å². The van der Waals surface area contributed by atoms with Crippen molar-refractivity contribution < 1.29 is 9.53 Å². The Morgan fingerprint density at radius 3 is 2.73 bits per heavy atom. The third-order valence-corrected chi connectivity index (χ3v) is 5.60. The van der Waals surface area contributed by atoms with Crippen molar-refractivity contribution in [3.8, 4) is 22.8 Å². The van der Waals surface area contributed by atoms with E-state index in [0.29, 0.717) is 17.1 Å². The zero-order valence-electron chi connectivity index (χ0n) is 18.5. The molecule has 162 valence electrons. The molecule has 2 aromatic heterocycles. The highest BCUT2D eigenvalue weighted by Gasteiger charge is 2.18. The van der Waals surface area contributed by atoms with Crippen LogP contribution < -0.4 is 10.1 Å². The number of carbonyl (C=O) groups is 1. The predicted octanol–water partition coefficient (Wildman–Crippen LogP) is 6.37. The first kappa shape index (κ1) is 20.6. The topological polar surface area (TPSA) is 64.1 Å². The fraction of sp³-hybridized carbons (Fsp3) is 0.107. The monoisotopic (exact) mass is 433 g/mol. The van der Waals surface area contributed by atoms with E-state index < -0.39 is 0 Å². The molecule has 1 aliphatic rings. The summed E-state index contributed by atoms with van der Waals surface area (Å²) in [5.41, 5.74) is 7.01. The van der Waals surface area contributed by atoms with Crippen LogP contribution in [0.1, 0.15) is 32.7 Å². The van der Waals surface area contributed by atoms with E-state index in [1.807, 2.05) is 74.5 Å². The maximum atomic E-state index is 12.9. The summed E-state index contributed by atoms with van der Waals surface area (Å²) < 4.78 is 6.38. The van der Waals surface area contributed by atoms with Gasteiger partial charge in [0.05, 0.1) is 11.4 Å². The zero-order chi connectivity index (χ0) is 22.8. The Bertz CT molecular complexity index is 1380. The molecule has 0 saturated carbocycles. The quantitative estimate of drug-likeness (QED) is 0.397. The Labute approximate surface area is 192 Å². The number of fused-ring (bicyclic) bond motifs is 1. The zero-order valence-corrected chi connectivity index (χ0v) is 18.5. The molecule has 1 aliphatic carbocycles. The summed E-state index contributed by atoms with van der Waals surface area (Å²) in [5, 5.41) is 2.96. The van der Waals surface area contributed by atoms with Crippen LogP contribution >= 0.6 is 0 Å². The maximum Gasteiger partial charge on any atom is 0.255 e. The molecule has 1 amide bonds. The average Bonchev–Trinajstić information content (AvgIpc) is 3.30. The lowest BCUT2D eigenvalue weighted by Crippen LogP contribution is -2.12. The molecule has 0 spiro atoms. The van der Waals surface area contributed by atoms with Crippen molar-refractivity contribution in [3.63, 3.8) is 0 Å². The normalized spacial score (nSPS) is 11.8. The highest BCUT2D eigenvalue weighted by molar-refractivity contribution is 6.04. The van der Waals surface area contributed by atoms with Gasteiger partial charge in [0.1, 0.15) is 11.5 Å². The second-order valence-electron chi connectivity index (χ2n) is 8.12. The Hall–Kier alpha value is -4.25. The van der Waals surface area contributed by atoms with Crippen molar-refractivity contribution in [2.75, 3.05) is 5.32 Å². The summed E-state index contributed by atoms with van der Waals surface area (Å²) in [6.07, 6.45) is 8.41. The largest absolute Gasteiger partial charge is 0.456 e. The van der Waals surface area contributed by atoms with Crippen molar-refractivity contribution in [2.45, 2.75) is 20.3 Å². The number of allylic oxidation sites excluding steroid dienone is 1. The van der Waals surface area contributed by atoms with E-state index in [4.69, 9.17) is 9.72 Å². The lowest BCUT2D eigenvalue weighted by molar-refractivity contribution is 0.102. The van der Waals surface area contributed by atoms with Gasteiger partial charge in [-0.15, -0.1) is 0 Å². The van der Waals surface area contributed by atoms with Crippen LogP contribution in [0.25, 0.3) is 17.3 Å². The van der Waals surface area contributed by atoms with Crippen molar-refractivity contribution >= 4 is 17.7 Å². The fourth-order valence-electron chi connectivity index (χ4n) is 3.85. The molecular weight excluding hydrogens is 410 g/mol. The number of amides is 1. The molecule has 1 N–H and O–H groups in total. The van der Waals surface area contributed by atoms with Gasteiger partial charge in [0.25, 0.3) is 5.91 Å². The number of aromatic nitrogens is 2. The van der Waals surface area contributed by atoms with Crippen molar-refractivity contribution in [2.24, 2.45) is 0 Å². The number of hydrogen-bond acceptors (Lipinski definition) is 4. The van der Waals surface area contributed by atoms with E-state index in [1.165, 1.54) is 0 Å². The number of rotatable bonds is 5. The lowest BCUT2D eigenvalue weighted by Gasteiger charge is -2.15. The number of anilines is 1. The second kappa shape index (κ2) is 8.71. The first-order valence-corrected chi connectivity index (χ1v) is 10.8. The molecule has 0 atom stereocenters. The van der Waals surface area contributed by atoms with Gasteiger partial charge in [-0.2, -0.15) is 0 Å². The molecule has 0 radical (unpaired) electrons. The molecule has 5 heteroatoms. The molecule has 5 rings (SSSR count). The second-order valence-corrected chi connectivity index (χ2v) is 8.12. The van der Waals surface area contributed by atoms with Gasteiger partial charge in [-0.3, -0.25) is 14.8 Å². The maximum absolute atomic E-state index is 12.9.